The summed E-state index contributed by atoms with van der Waals surface area (Å²) >= 11 is 0. The predicted octanol–water partition coefficient (Wildman–Crippen LogP) is 5.42. The molecule has 0 bridgehead atoms. The molecule has 138 valence electrons. The van der Waals surface area contributed by atoms with Gasteiger partial charge in [-0.15, -0.1) is 0 Å². The van der Waals surface area contributed by atoms with Gasteiger partial charge in [-0.05, 0) is 97.2 Å². The molecule has 0 radical (unpaired) electrons. The second-order valence-electron chi connectivity index (χ2n) is 11.0. The summed E-state index contributed by atoms with van der Waals surface area (Å²) in [5, 5.41) is 0. The molecular weight excluding hydrogens is 316 g/mol. The van der Waals surface area contributed by atoms with E-state index in [0.717, 1.165) is 60.2 Å². The van der Waals surface area contributed by atoms with Crippen molar-refractivity contribution in [3.05, 3.63) is 24.3 Å². The van der Waals surface area contributed by atoms with E-state index in [0.29, 0.717) is 22.5 Å². The lowest BCUT2D eigenvalue weighted by molar-refractivity contribution is -0.147. The summed E-state index contributed by atoms with van der Waals surface area (Å²) in [6.07, 6.45) is 20.6. The average Bonchev–Trinajstić information content (AvgIpc) is 3.55. The number of ketones is 1. The summed E-state index contributed by atoms with van der Waals surface area (Å²) in [7, 11) is 0. The number of hydrogen-bond donors (Lipinski definition) is 0. The Morgan fingerprint density at radius 3 is 2.88 bits per heavy atom. The first-order chi connectivity index (χ1) is 12.7. The van der Waals surface area contributed by atoms with Crippen LogP contribution in [0.2, 0.25) is 0 Å². The van der Waals surface area contributed by atoms with Gasteiger partial charge < -0.3 is 0 Å². The van der Waals surface area contributed by atoms with Crippen LogP contribution in [-0.2, 0) is 4.79 Å². The van der Waals surface area contributed by atoms with Crippen LogP contribution in [0.25, 0.3) is 0 Å². The van der Waals surface area contributed by atoms with Crippen LogP contribution in [-0.4, -0.2) is 5.78 Å². The largest absolute Gasteiger partial charge is 0.300 e. The van der Waals surface area contributed by atoms with Crippen molar-refractivity contribution in [1.29, 1.82) is 0 Å². The van der Waals surface area contributed by atoms with Crippen molar-refractivity contribution in [2.75, 3.05) is 0 Å². The number of rotatable bonds is 2. The Kier molecular flexibility index (Phi) is 2.66. The zero-order chi connectivity index (χ0) is 17.3. The fourth-order valence-corrected chi connectivity index (χ4v) is 10.2. The van der Waals surface area contributed by atoms with E-state index in [1.54, 1.807) is 6.42 Å². The molecule has 1 spiro atoms. The van der Waals surface area contributed by atoms with Crippen molar-refractivity contribution in [1.82, 2.24) is 0 Å². The molecule has 10 unspecified atom stereocenters. The van der Waals surface area contributed by atoms with Gasteiger partial charge in [-0.25, -0.2) is 0 Å². The van der Waals surface area contributed by atoms with Crippen molar-refractivity contribution < 1.29 is 4.79 Å². The number of hydrogen-bond acceptors (Lipinski definition) is 1. The van der Waals surface area contributed by atoms with Crippen LogP contribution in [0.1, 0.15) is 58.3 Å². The average molecular weight is 349 g/mol. The van der Waals surface area contributed by atoms with Gasteiger partial charge >= 0.3 is 0 Å². The van der Waals surface area contributed by atoms with Gasteiger partial charge in [0.05, 0.1) is 0 Å². The fourth-order valence-electron chi connectivity index (χ4n) is 10.2. The van der Waals surface area contributed by atoms with Crippen molar-refractivity contribution in [2.24, 2.45) is 64.1 Å². The number of carbonyl (C=O) groups excluding carboxylic acids is 1. The summed E-state index contributed by atoms with van der Waals surface area (Å²) in [6, 6.07) is 0. The smallest absolute Gasteiger partial charge is 0.133 e. The van der Waals surface area contributed by atoms with Gasteiger partial charge in [-0.1, -0.05) is 31.2 Å². The van der Waals surface area contributed by atoms with E-state index in [1.807, 2.05) is 0 Å². The predicted molar refractivity (Wildman–Crippen MR) is 102 cm³/mol. The number of Topliss-reactive ketones (excluding diaryl/α,β-unsaturated/α-hetero) is 1. The fraction of sp³-hybridized carbons (Fsp3) is 0.800. The Morgan fingerprint density at radius 1 is 1.08 bits per heavy atom. The third-order valence-corrected chi connectivity index (χ3v) is 10.7. The Hall–Kier alpha value is -0.850. The third kappa shape index (κ3) is 1.43. The van der Waals surface area contributed by atoms with Crippen LogP contribution in [0.5, 0.6) is 0 Å². The summed E-state index contributed by atoms with van der Waals surface area (Å²) < 4.78 is 0. The van der Waals surface area contributed by atoms with Crippen molar-refractivity contribution in [2.45, 2.75) is 58.3 Å². The van der Waals surface area contributed by atoms with Gasteiger partial charge in [0.15, 0.2) is 0 Å². The molecule has 0 amide bonds. The molecule has 0 aromatic heterocycles. The van der Waals surface area contributed by atoms with Crippen LogP contribution in [0.3, 0.4) is 0 Å². The zero-order valence-corrected chi connectivity index (χ0v) is 16.1. The van der Waals surface area contributed by atoms with Crippen LogP contribution in [0.15, 0.2) is 24.3 Å². The molecule has 6 fully saturated rings. The quantitative estimate of drug-likeness (QED) is 0.609. The van der Waals surface area contributed by atoms with E-state index in [-0.39, 0.29) is 0 Å². The summed E-state index contributed by atoms with van der Waals surface area (Å²) in [4.78, 5) is 12.0. The van der Waals surface area contributed by atoms with E-state index in [9.17, 15) is 4.79 Å². The maximum Gasteiger partial charge on any atom is 0.133 e. The standard InChI is InChI=1S/C25H32O/c1-2-3-9-24-20-12-19(20)23-18-6-4-14-11-15(26)5-7-16(14)17(18)8-10-25(23,24)22-13-21(22)24/h3-4,6,9,14,16-23H,2,5,7-8,10-13H2,1H3/b9-3-/t14?,16?,17?,18?,19?,20?,21?,22?,23?,24-,25?/m1/s1. The zero-order valence-electron chi connectivity index (χ0n) is 16.1. The lowest BCUT2D eigenvalue weighted by Gasteiger charge is -2.64. The van der Waals surface area contributed by atoms with Gasteiger partial charge in [0.25, 0.3) is 0 Å². The Labute approximate surface area is 157 Å². The minimum absolute atomic E-state index is 0.522. The first kappa shape index (κ1) is 15.1. The molecular formula is C25H32O. The molecule has 0 N–H and O–H groups in total. The normalized spacial score (nSPS) is 63.1. The number of fused-ring (bicyclic) bond motifs is 9. The number of carbonyl (C=O) groups is 1. The second kappa shape index (κ2) is 4.58. The lowest BCUT2D eigenvalue weighted by Crippen LogP contribution is -2.60. The minimum atomic E-state index is 0.522. The molecule has 11 atom stereocenters. The van der Waals surface area contributed by atoms with Crippen molar-refractivity contribution in [3.63, 3.8) is 0 Å². The molecule has 7 aliphatic rings. The lowest BCUT2D eigenvalue weighted by atomic mass is 9.39. The van der Waals surface area contributed by atoms with Gasteiger partial charge in [0.1, 0.15) is 5.78 Å². The highest BCUT2D eigenvalue weighted by molar-refractivity contribution is 5.79. The molecule has 1 nitrogen and oxygen atoms in total. The van der Waals surface area contributed by atoms with Crippen LogP contribution in [0.4, 0.5) is 0 Å². The molecule has 7 aliphatic carbocycles. The number of allylic oxidation sites excluding steroid dienone is 4. The van der Waals surface area contributed by atoms with E-state index >= 15 is 0 Å². The Bertz CT molecular complexity index is 747. The molecule has 0 heterocycles. The first-order valence-electron chi connectivity index (χ1n) is 11.6. The monoisotopic (exact) mass is 348 g/mol. The van der Waals surface area contributed by atoms with Gasteiger partial charge in [-0.3, -0.25) is 4.79 Å². The highest BCUT2D eigenvalue weighted by Gasteiger charge is 2.90. The molecule has 0 saturated heterocycles. The second-order valence-corrected chi connectivity index (χ2v) is 11.0. The van der Waals surface area contributed by atoms with E-state index in [1.165, 1.54) is 32.1 Å². The topological polar surface area (TPSA) is 17.1 Å². The van der Waals surface area contributed by atoms with Crippen molar-refractivity contribution >= 4 is 5.78 Å². The molecule has 26 heavy (non-hydrogen) atoms. The Morgan fingerprint density at radius 2 is 2.00 bits per heavy atom. The van der Waals surface area contributed by atoms with E-state index < -0.39 is 0 Å². The molecule has 6 saturated carbocycles. The molecule has 0 aliphatic heterocycles. The van der Waals surface area contributed by atoms with Crippen LogP contribution < -0.4 is 0 Å². The van der Waals surface area contributed by atoms with E-state index in [4.69, 9.17) is 0 Å². The molecule has 1 heteroatoms. The van der Waals surface area contributed by atoms with Gasteiger partial charge in [-0.2, -0.15) is 0 Å². The Balaban J connectivity index is 1.30. The van der Waals surface area contributed by atoms with Gasteiger partial charge in [0, 0.05) is 18.3 Å². The van der Waals surface area contributed by atoms with Crippen molar-refractivity contribution in [3.8, 4) is 0 Å². The minimum Gasteiger partial charge on any atom is -0.300 e. The highest BCUT2D eigenvalue weighted by atomic mass is 16.1. The third-order valence-electron chi connectivity index (χ3n) is 10.7. The van der Waals surface area contributed by atoms with Gasteiger partial charge in [0.2, 0.25) is 0 Å². The van der Waals surface area contributed by atoms with Crippen LogP contribution in [0, 0.1) is 64.1 Å². The molecule has 0 aromatic rings. The maximum atomic E-state index is 12.0. The molecule has 7 rings (SSSR count). The molecule has 0 aromatic carbocycles. The summed E-state index contributed by atoms with van der Waals surface area (Å²) in [6.45, 7) is 2.31. The first-order valence-corrected chi connectivity index (χ1v) is 11.6. The highest BCUT2D eigenvalue weighted by Crippen LogP contribution is 2.95. The maximum absolute atomic E-state index is 12.0. The summed E-state index contributed by atoms with van der Waals surface area (Å²) in [5.41, 5.74) is 1.32. The van der Waals surface area contributed by atoms with E-state index in [2.05, 4.69) is 31.2 Å². The SMILES string of the molecule is CC/C=C\[C@]12C3CC3C3C4C=CC5CC(=O)CCC5C4CCC31C1CC12. The summed E-state index contributed by atoms with van der Waals surface area (Å²) in [5.74, 6) is 8.91. The van der Waals surface area contributed by atoms with Crippen LogP contribution >= 0.6 is 0 Å².